The van der Waals surface area contributed by atoms with E-state index >= 15 is 0 Å². The maximum atomic E-state index is 12.1. The Morgan fingerprint density at radius 3 is 0.990 bits per heavy atom. The van der Waals surface area contributed by atoms with Crippen molar-refractivity contribution in [2.24, 2.45) is 0 Å². The topological polar surface area (TPSA) is 305 Å². The summed E-state index contributed by atoms with van der Waals surface area (Å²) >= 11 is 19.3. The van der Waals surface area contributed by atoms with Crippen LogP contribution in [-0.4, -0.2) is 155 Å². The molecular formula is C73H83Cl3O22. The van der Waals surface area contributed by atoms with Crippen LogP contribution >= 0.6 is 34.8 Å². The number of rotatable bonds is 20. The number of carbonyl (C=O) groups excluding carboxylic acids is 6. The zero-order valence-corrected chi connectivity index (χ0v) is 58.1. The summed E-state index contributed by atoms with van der Waals surface area (Å²) < 4.78 is 61.9. The Morgan fingerprint density at radius 1 is 0.388 bits per heavy atom. The molecule has 0 aromatic heterocycles. The molecule has 0 aliphatic carbocycles. The number of hydrogen-bond donors (Lipinski definition) is 5. The highest BCUT2D eigenvalue weighted by molar-refractivity contribution is 6.32. The van der Waals surface area contributed by atoms with Gasteiger partial charge < -0.3 is 77.6 Å². The second kappa shape index (κ2) is 36.3. The van der Waals surface area contributed by atoms with Gasteiger partial charge in [0.25, 0.3) is 0 Å². The summed E-state index contributed by atoms with van der Waals surface area (Å²) in [7, 11) is 3.22. The van der Waals surface area contributed by atoms with E-state index in [0.29, 0.717) is 63.9 Å². The number of benzene rings is 6. The van der Waals surface area contributed by atoms with Crippen LogP contribution in [0.5, 0.6) is 17.2 Å². The lowest BCUT2D eigenvalue weighted by Crippen LogP contribution is -2.58. The Bertz CT molecular complexity index is 3660. The first-order valence-electron chi connectivity index (χ1n) is 31.7. The van der Waals surface area contributed by atoms with Crippen molar-refractivity contribution >= 4 is 70.6 Å². The van der Waals surface area contributed by atoms with E-state index in [1.165, 1.54) is 41.5 Å². The SMILES string of the molecule is CC[C@H]1O[C@@H](c2ccc(Cl)c(Cc3ccc(O)cc3)c2)[C@H](OC(C)=O)[C@@H](OC(C)=O)[C@@H]1OC(C)=O.CC[C@H]1O[C@@H](c2ccc(Cl)c(Cc3ccc(OC)cc3)c2)[C@H](OC(C)=O)[C@@H](OC(C)=O)[C@@H]1OC(C)=O.COc1ccc(Cc2cc([C@@H]3O[C@H](CO)[C@@H](O)[C@H](O)[C@H]3O)ccc2Cl)cc1. The lowest BCUT2D eigenvalue weighted by molar-refractivity contribution is -0.249. The monoisotopic (exact) mass is 1420 g/mol. The van der Waals surface area contributed by atoms with E-state index in [1.807, 2.05) is 74.5 Å². The van der Waals surface area contributed by atoms with E-state index in [-0.39, 0.29) is 5.75 Å². The van der Waals surface area contributed by atoms with Crippen molar-refractivity contribution in [3.05, 3.63) is 193 Å². The molecule has 0 unspecified atom stereocenters. The van der Waals surface area contributed by atoms with Crippen LogP contribution in [0.4, 0.5) is 0 Å². The molecule has 3 fully saturated rings. The van der Waals surface area contributed by atoms with Crippen molar-refractivity contribution in [3.8, 4) is 17.2 Å². The van der Waals surface area contributed by atoms with Gasteiger partial charge in [-0.1, -0.05) is 121 Å². The average Bonchev–Trinajstić information content (AvgIpc) is 0.778. The van der Waals surface area contributed by atoms with Crippen LogP contribution in [0, 0.1) is 0 Å². The minimum Gasteiger partial charge on any atom is -0.508 e. The quantitative estimate of drug-likeness (QED) is 0.0350. The van der Waals surface area contributed by atoms with Crippen molar-refractivity contribution in [2.45, 2.75) is 179 Å². The van der Waals surface area contributed by atoms with Gasteiger partial charge in [-0.2, -0.15) is 0 Å². The number of methoxy groups -OCH3 is 2. The molecule has 3 aliphatic rings. The first-order chi connectivity index (χ1) is 46.6. The third-order valence-electron chi connectivity index (χ3n) is 16.4. The zero-order chi connectivity index (χ0) is 71.7. The number of esters is 6. The van der Waals surface area contributed by atoms with Crippen molar-refractivity contribution < 1.29 is 106 Å². The van der Waals surface area contributed by atoms with Crippen LogP contribution in [0.15, 0.2) is 127 Å². The molecule has 0 bridgehead atoms. The van der Waals surface area contributed by atoms with Crippen LogP contribution in [0.2, 0.25) is 15.1 Å². The standard InChI is InChI=1S/C27H31ClO8.C26H29ClO8.C20H23ClO6/c1-6-23-25(33-15(2)29)27(35-17(4)31)26(34-16(3)30)24(36-23)19-9-12-22(28)20(14-19)13-18-7-10-21(32-5)11-8-18;1-5-22-24(32-14(2)28)26(34-16(4)30)25(33-15(3)29)23(35-22)18-8-11-21(27)19(13-18)12-17-6-9-20(31)10-7-17;1-26-14-5-2-11(3-6-14)8-13-9-12(4-7-15(13)21)20-19(25)18(24)17(23)16(10-22)27-20/h7-12,14,23-27H,6,13H2,1-5H3;6-11,13,22-26,31H,5,12H2,1-4H3;2-7,9,16-20,22-25H,8,10H2,1H3/t23-,24+,25-,26+,27+;22-,23+,24-,25+,26+;16-,17-,18+,19-,20+/m111/s1. The predicted molar refractivity (Wildman–Crippen MR) is 359 cm³/mol. The Kier molecular flexibility index (Phi) is 28.7. The molecule has 9 rings (SSSR count). The molecule has 25 heteroatoms. The molecule has 3 aliphatic heterocycles. The fraction of sp³-hybridized carbons (Fsp3) is 0.425. The van der Waals surface area contributed by atoms with Crippen molar-refractivity contribution in [1.29, 1.82) is 0 Å². The molecular weight excluding hydrogens is 1340 g/mol. The van der Waals surface area contributed by atoms with Gasteiger partial charge in [-0.05, 0) is 137 Å². The van der Waals surface area contributed by atoms with E-state index in [2.05, 4.69) is 0 Å². The van der Waals surface area contributed by atoms with Gasteiger partial charge >= 0.3 is 35.8 Å². The lowest BCUT2D eigenvalue weighted by atomic mass is 9.88. The summed E-state index contributed by atoms with van der Waals surface area (Å²) in [6.45, 7) is 10.7. The zero-order valence-electron chi connectivity index (χ0n) is 55.8. The number of carbonyl (C=O) groups is 6. The van der Waals surface area contributed by atoms with Crippen LogP contribution < -0.4 is 9.47 Å². The van der Waals surface area contributed by atoms with Gasteiger partial charge in [0.1, 0.15) is 60.0 Å². The lowest BCUT2D eigenvalue weighted by Gasteiger charge is -2.44. The highest BCUT2D eigenvalue weighted by Crippen LogP contribution is 2.42. The van der Waals surface area contributed by atoms with Crippen LogP contribution in [-0.2, 0) is 90.7 Å². The second-order valence-electron chi connectivity index (χ2n) is 23.6. The maximum Gasteiger partial charge on any atom is 0.303 e. The number of phenols is 1. The van der Waals surface area contributed by atoms with Gasteiger partial charge in [-0.15, -0.1) is 0 Å². The van der Waals surface area contributed by atoms with Gasteiger partial charge in [-0.3, -0.25) is 28.8 Å². The molecule has 15 atom stereocenters. The van der Waals surface area contributed by atoms with Gasteiger partial charge in [-0.25, -0.2) is 0 Å². The molecule has 0 radical (unpaired) electrons. The van der Waals surface area contributed by atoms with Gasteiger partial charge in [0, 0.05) is 56.6 Å². The fourth-order valence-electron chi connectivity index (χ4n) is 11.8. The summed E-state index contributed by atoms with van der Waals surface area (Å²) in [4.78, 5) is 71.7. The maximum absolute atomic E-state index is 12.1. The Labute approximate surface area is 583 Å². The molecule has 22 nitrogen and oxygen atoms in total. The Morgan fingerprint density at radius 2 is 0.684 bits per heavy atom. The molecule has 528 valence electrons. The molecule has 6 aromatic carbocycles. The normalized spacial score (nSPS) is 24.9. The fourth-order valence-corrected chi connectivity index (χ4v) is 12.4. The number of aliphatic hydroxyl groups excluding tert-OH is 4. The molecule has 3 saturated heterocycles. The largest absolute Gasteiger partial charge is 0.508 e. The summed E-state index contributed by atoms with van der Waals surface area (Å²) in [6.07, 6.45) is -12.4. The molecule has 0 spiro atoms. The number of halogens is 3. The average molecular weight is 1420 g/mol. The first kappa shape index (κ1) is 77.5. The van der Waals surface area contributed by atoms with Gasteiger partial charge in [0.05, 0.1) is 33.0 Å². The third-order valence-corrected chi connectivity index (χ3v) is 17.5. The van der Waals surface area contributed by atoms with Crippen molar-refractivity contribution in [3.63, 3.8) is 0 Å². The van der Waals surface area contributed by atoms with Gasteiger partial charge in [0.2, 0.25) is 0 Å². The van der Waals surface area contributed by atoms with Crippen LogP contribution in [0.1, 0.15) is 137 Å². The van der Waals surface area contributed by atoms with E-state index < -0.39 is 134 Å². The predicted octanol–water partition coefficient (Wildman–Crippen LogP) is 10.3. The minimum absolute atomic E-state index is 0.165. The number of aliphatic hydroxyl groups is 4. The van der Waals surface area contributed by atoms with E-state index in [9.17, 15) is 54.3 Å². The summed E-state index contributed by atoms with van der Waals surface area (Å²) in [6, 6.07) is 38.0. The number of phenolic OH excluding ortho intramolecular Hbond substituents is 1. The van der Waals surface area contributed by atoms with E-state index in [4.69, 9.17) is 86.9 Å². The molecule has 6 aromatic rings. The van der Waals surface area contributed by atoms with Crippen LogP contribution in [0.25, 0.3) is 0 Å². The molecule has 0 amide bonds. The minimum atomic E-state index is -1.42. The molecule has 3 heterocycles. The molecule has 98 heavy (non-hydrogen) atoms. The smallest absolute Gasteiger partial charge is 0.303 e. The Balaban J connectivity index is 0.000000209. The third kappa shape index (κ3) is 20.9. The first-order valence-corrected chi connectivity index (χ1v) is 32.8. The van der Waals surface area contributed by atoms with Crippen molar-refractivity contribution in [2.75, 3.05) is 20.8 Å². The highest BCUT2D eigenvalue weighted by atomic mass is 35.5. The summed E-state index contributed by atoms with van der Waals surface area (Å²) in [5, 5.41) is 50.8. The number of ether oxygens (including phenoxy) is 11. The van der Waals surface area contributed by atoms with Crippen LogP contribution in [0.3, 0.4) is 0 Å². The highest BCUT2D eigenvalue weighted by Gasteiger charge is 2.53. The Hall–Kier alpha value is -7.87. The van der Waals surface area contributed by atoms with E-state index in [1.54, 1.807) is 80.9 Å². The molecule has 5 N–H and O–H groups in total. The summed E-state index contributed by atoms with van der Waals surface area (Å²) in [5.41, 5.74) is 7.40. The second-order valence-corrected chi connectivity index (χ2v) is 24.9. The number of aromatic hydroxyl groups is 1. The summed E-state index contributed by atoms with van der Waals surface area (Å²) in [5.74, 6) is -1.85. The van der Waals surface area contributed by atoms with E-state index in [0.717, 1.165) is 44.9 Å². The number of hydrogen-bond acceptors (Lipinski definition) is 22. The molecule has 0 saturated carbocycles. The van der Waals surface area contributed by atoms with Crippen molar-refractivity contribution in [1.82, 2.24) is 0 Å². The van der Waals surface area contributed by atoms with Gasteiger partial charge in [0.15, 0.2) is 36.6 Å².